The van der Waals surface area contributed by atoms with Crippen LogP contribution in [0.2, 0.25) is 0 Å². The van der Waals surface area contributed by atoms with Gasteiger partial charge in [0.05, 0.1) is 18.3 Å². The maximum absolute atomic E-state index is 13.2. The highest BCUT2D eigenvalue weighted by molar-refractivity contribution is 5.98. The van der Waals surface area contributed by atoms with Crippen LogP contribution in [0.1, 0.15) is 73.2 Å². The molecule has 2 aliphatic rings. The molecule has 2 aromatic carbocycles. The molecule has 0 saturated heterocycles. The number of nitrogens with zero attached hydrogens (tertiary/aromatic N) is 2. The molecule has 3 aromatic rings. The van der Waals surface area contributed by atoms with Crippen LogP contribution in [0.4, 0.5) is 5.82 Å². The lowest BCUT2D eigenvalue weighted by molar-refractivity contribution is 0.0950. The number of benzene rings is 2. The minimum absolute atomic E-state index is 0.00921. The molecular weight excluding hydrogens is 428 g/mol. The zero-order valence-corrected chi connectivity index (χ0v) is 20.2. The van der Waals surface area contributed by atoms with Crippen LogP contribution < -0.4 is 20.1 Å². The van der Waals surface area contributed by atoms with Gasteiger partial charge in [-0.1, -0.05) is 58.0 Å². The van der Waals surface area contributed by atoms with Crippen molar-refractivity contribution in [3.63, 3.8) is 0 Å². The lowest BCUT2D eigenvalue weighted by atomic mass is 9.80. The molecule has 1 amide bonds. The van der Waals surface area contributed by atoms with Crippen molar-refractivity contribution in [3.8, 4) is 11.5 Å². The Balaban J connectivity index is 1.38. The third-order valence-electron chi connectivity index (χ3n) is 6.79. The fourth-order valence-electron chi connectivity index (χ4n) is 4.71. The molecule has 7 nitrogen and oxygen atoms in total. The van der Waals surface area contributed by atoms with E-state index in [-0.39, 0.29) is 30.2 Å². The number of ether oxygens (including phenoxy) is 2. The smallest absolute Gasteiger partial charge is 0.256 e. The Labute approximate surface area is 200 Å². The third-order valence-corrected chi connectivity index (χ3v) is 6.79. The molecule has 0 spiro atoms. The van der Waals surface area contributed by atoms with Crippen LogP contribution in [0.3, 0.4) is 0 Å². The van der Waals surface area contributed by atoms with Gasteiger partial charge < -0.3 is 20.1 Å². The van der Waals surface area contributed by atoms with Gasteiger partial charge in [0.25, 0.3) is 5.91 Å². The predicted octanol–water partition coefficient (Wildman–Crippen LogP) is 5.25. The molecule has 34 heavy (non-hydrogen) atoms. The van der Waals surface area contributed by atoms with Crippen molar-refractivity contribution in [1.29, 1.82) is 0 Å². The first-order valence-corrected chi connectivity index (χ1v) is 11.9. The summed E-state index contributed by atoms with van der Waals surface area (Å²) >= 11 is 0. The van der Waals surface area contributed by atoms with Gasteiger partial charge in [-0.05, 0) is 47.1 Å². The van der Waals surface area contributed by atoms with Crippen LogP contribution in [-0.4, -0.2) is 22.5 Å². The second kappa shape index (κ2) is 8.70. The van der Waals surface area contributed by atoms with Gasteiger partial charge in [-0.25, -0.2) is 4.68 Å². The normalized spacial score (nSPS) is 18.8. The van der Waals surface area contributed by atoms with E-state index in [9.17, 15) is 4.79 Å². The SMILES string of the molecule is CCc1ccc(C2CC(C(C)(C)C)n3ncc(C(=O)NCc4ccc5c(c4)OCO5)c3N2)cc1. The summed E-state index contributed by atoms with van der Waals surface area (Å²) in [5.74, 6) is 2.07. The summed E-state index contributed by atoms with van der Waals surface area (Å²) in [4.78, 5) is 13.2. The number of fused-ring (bicyclic) bond motifs is 2. The lowest BCUT2D eigenvalue weighted by Crippen LogP contribution is -2.35. The Hall–Kier alpha value is -3.48. The second-order valence-electron chi connectivity index (χ2n) is 10.1. The first-order chi connectivity index (χ1) is 16.3. The highest BCUT2D eigenvalue weighted by atomic mass is 16.7. The largest absolute Gasteiger partial charge is 0.454 e. The number of anilines is 1. The molecule has 0 aliphatic carbocycles. The van der Waals surface area contributed by atoms with Crippen LogP contribution in [0.25, 0.3) is 0 Å². The number of aromatic nitrogens is 2. The van der Waals surface area contributed by atoms with Crippen LogP contribution >= 0.6 is 0 Å². The van der Waals surface area contributed by atoms with Crippen molar-refractivity contribution in [2.45, 2.75) is 59.2 Å². The maximum atomic E-state index is 13.2. The van der Waals surface area contributed by atoms with Crippen molar-refractivity contribution >= 4 is 11.7 Å². The highest BCUT2D eigenvalue weighted by Crippen LogP contribution is 2.44. The summed E-state index contributed by atoms with van der Waals surface area (Å²) in [5, 5.41) is 11.3. The first-order valence-electron chi connectivity index (χ1n) is 11.9. The number of aryl methyl sites for hydroxylation is 1. The Morgan fingerprint density at radius 2 is 1.85 bits per heavy atom. The zero-order valence-electron chi connectivity index (χ0n) is 20.2. The molecule has 0 fully saturated rings. The van der Waals surface area contributed by atoms with Crippen molar-refractivity contribution in [2.75, 3.05) is 12.1 Å². The van der Waals surface area contributed by atoms with E-state index in [1.165, 1.54) is 11.1 Å². The summed E-state index contributed by atoms with van der Waals surface area (Å²) in [5.41, 5.74) is 4.05. The average Bonchev–Trinajstić information content (AvgIpc) is 3.48. The van der Waals surface area contributed by atoms with Gasteiger partial charge in [0, 0.05) is 6.54 Å². The zero-order chi connectivity index (χ0) is 23.9. The van der Waals surface area contributed by atoms with Crippen molar-refractivity contribution in [2.24, 2.45) is 5.41 Å². The molecule has 2 aliphatic heterocycles. The van der Waals surface area contributed by atoms with E-state index in [2.05, 4.69) is 67.7 Å². The summed E-state index contributed by atoms with van der Waals surface area (Å²) in [7, 11) is 0. The van der Waals surface area contributed by atoms with E-state index in [4.69, 9.17) is 9.47 Å². The summed E-state index contributed by atoms with van der Waals surface area (Å²) in [6.45, 7) is 9.47. The fraction of sp³-hybridized carbons (Fsp3) is 0.407. The number of nitrogens with one attached hydrogen (secondary N) is 2. The van der Waals surface area contributed by atoms with Crippen LogP contribution in [-0.2, 0) is 13.0 Å². The van der Waals surface area contributed by atoms with Gasteiger partial charge in [0.15, 0.2) is 11.5 Å². The molecule has 2 atom stereocenters. The van der Waals surface area contributed by atoms with Crippen molar-refractivity contribution in [1.82, 2.24) is 15.1 Å². The topological polar surface area (TPSA) is 77.4 Å². The number of amides is 1. The number of carbonyl (C=O) groups is 1. The molecule has 178 valence electrons. The molecule has 5 rings (SSSR count). The van der Waals surface area contributed by atoms with Crippen LogP contribution in [0, 0.1) is 5.41 Å². The molecule has 2 unspecified atom stereocenters. The van der Waals surface area contributed by atoms with E-state index in [1.807, 2.05) is 22.9 Å². The fourth-order valence-corrected chi connectivity index (χ4v) is 4.71. The van der Waals surface area contributed by atoms with Crippen LogP contribution in [0.5, 0.6) is 11.5 Å². The Morgan fingerprint density at radius 1 is 1.12 bits per heavy atom. The van der Waals surface area contributed by atoms with Crippen molar-refractivity contribution < 1.29 is 14.3 Å². The number of hydrogen-bond donors (Lipinski definition) is 2. The minimum Gasteiger partial charge on any atom is -0.454 e. The number of rotatable bonds is 5. The quantitative estimate of drug-likeness (QED) is 0.544. The minimum atomic E-state index is -0.152. The summed E-state index contributed by atoms with van der Waals surface area (Å²) in [6, 6.07) is 14.8. The van der Waals surface area contributed by atoms with Crippen LogP contribution in [0.15, 0.2) is 48.7 Å². The molecular formula is C27H32N4O3. The van der Waals surface area contributed by atoms with Gasteiger partial charge in [-0.15, -0.1) is 0 Å². The summed E-state index contributed by atoms with van der Waals surface area (Å²) in [6.07, 6.45) is 3.60. The molecule has 2 N–H and O–H groups in total. The van der Waals surface area contributed by atoms with Gasteiger partial charge >= 0.3 is 0 Å². The Morgan fingerprint density at radius 3 is 2.59 bits per heavy atom. The molecule has 0 bridgehead atoms. The molecule has 0 saturated carbocycles. The second-order valence-corrected chi connectivity index (χ2v) is 10.1. The predicted molar refractivity (Wildman–Crippen MR) is 131 cm³/mol. The maximum Gasteiger partial charge on any atom is 0.256 e. The van der Waals surface area contributed by atoms with E-state index >= 15 is 0 Å². The number of carbonyl (C=O) groups excluding carboxylic acids is 1. The van der Waals surface area contributed by atoms with E-state index in [0.29, 0.717) is 17.9 Å². The molecule has 0 radical (unpaired) electrons. The van der Waals surface area contributed by atoms with Gasteiger partial charge in [0.2, 0.25) is 6.79 Å². The van der Waals surface area contributed by atoms with Gasteiger partial charge in [-0.2, -0.15) is 5.10 Å². The Kier molecular flexibility index (Phi) is 5.71. The van der Waals surface area contributed by atoms with E-state index in [1.54, 1.807) is 6.20 Å². The van der Waals surface area contributed by atoms with E-state index in [0.717, 1.165) is 30.0 Å². The highest BCUT2D eigenvalue weighted by Gasteiger charge is 2.37. The van der Waals surface area contributed by atoms with E-state index < -0.39 is 0 Å². The van der Waals surface area contributed by atoms with Gasteiger partial charge in [0.1, 0.15) is 11.4 Å². The molecule has 7 heteroatoms. The summed E-state index contributed by atoms with van der Waals surface area (Å²) < 4.78 is 12.8. The average molecular weight is 461 g/mol. The Bertz CT molecular complexity index is 1190. The first kappa shape index (κ1) is 22.3. The van der Waals surface area contributed by atoms with Crippen molar-refractivity contribution in [3.05, 3.63) is 70.9 Å². The third kappa shape index (κ3) is 4.22. The molecule has 1 aromatic heterocycles. The molecule has 3 heterocycles. The lowest BCUT2D eigenvalue weighted by Gasteiger charge is -2.39. The van der Waals surface area contributed by atoms with Gasteiger partial charge in [-0.3, -0.25) is 4.79 Å². The number of hydrogen-bond acceptors (Lipinski definition) is 5. The standard InChI is InChI=1S/C27H32N4O3/c1-5-17-6-9-19(10-7-17)21-13-24(27(2,3)4)31-25(30-21)20(15-29-31)26(32)28-14-18-8-11-22-23(12-18)34-16-33-22/h6-12,15,21,24,30H,5,13-14,16H2,1-4H3,(H,28,32). The monoisotopic (exact) mass is 460 g/mol.